The van der Waals surface area contributed by atoms with Crippen LogP contribution in [0.2, 0.25) is 0 Å². The molecule has 0 aliphatic carbocycles. The van der Waals surface area contributed by atoms with Crippen molar-refractivity contribution in [1.29, 1.82) is 0 Å². The highest BCUT2D eigenvalue weighted by molar-refractivity contribution is 5.76. The summed E-state index contributed by atoms with van der Waals surface area (Å²) in [6.45, 7) is 4.11. The molecule has 3 nitrogen and oxygen atoms in total. The van der Waals surface area contributed by atoms with Crippen LogP contribution in [0.15, 0.2) is 41.7 Å². The fraction of sp³-hybridized carbons (Fsp3) is 0.222. The van der Waals surface area contributed by atoms with Gasteiger partial charge >= 0.3 is 0 Å². The van der Waals surface area contributed by atoms with Crippen molar-refractivity contribution in [1.82, 2.24) is 5.06 Å². The van der Waals surface area contributed by atoms with Crippen molar-refractivity contribution in [3.63, 3.8) is 0 Å². The van der Waals surface area contributed by atoms with Gasteiger partial charge in [-0.05, 0) is 18.6 Å². The zero-order valence-corrected chi connectivity index (χ0v) is 6.85. The molecule has 0 aromatic rings. The third-order valence-corrected chi connectivity index (χ3v) is 1.42. The highest BCUT2D eigenvalue weighted by Crippen LogP contribution is 2.04. The number of rotatable bonds is 4. The van der Waals surface area contributed by atoms with Crippen LogP contribution in [0.25, 0.3) is 0 Å². The van der Waals surface area contributed by atoms with E-state index in [9.17, 15) is 5.21 Å². The van der Waals surface area contributed by atoms with Crippen molar-refractivity contribution >= 4 is 6.21 Å². The first-order chi connectivity index (χ1) is 5.83. The molecule has 0 bridgehead atoms. The van der Waals surface area contributed by atoms with E-state index in [2.05, 4.69) is 11.6 Å². The summed E-state index contributed by atoms with van der Waals surface area (Å²) in [5.74, 6) is 0. The Morgan fingerprint density at radius 1 is 1.67 bits per heavy atom. The molecule has 0 saturated carbocycles. The lowest BCUT2D eigenvalue weighted by molar-refractivity contribution is -0.0395. The van der Waals surface area contributed by atoms with E-state index in [-0.39, 0.29) is 0 Å². The van der Waals surface area contributed by atoms with Crippen LogP contribution in [-0.2, 0) is 0 Å². The summed E-state index contributed by atoms with van der Waals surface area (Å²) < 4.78 is 0. The smallest absolute Gasteiger partial charge is 0.0813 e. The van der Waals surface area contributed by atoms with Gasteiger partial charge in [0, 0.05) is 12.8 Å². The second kappa shape index (κ2) is 4.51. The van der Waals surface area contributed by atoms with Crippen LogP contribution < -0.4 is 0 Å². The zero-order valence-electron chi connectivity index (χ0n) is 6.85. The number of aliphatic imine (C=N–C) groups is 1. The summed E-state index contributed by atoms with van der Waals surface area (Å²) in [6, 6.07) is 0. The number of hydrogen-bond acceptors (Lipinski definition) is 3. The minimum absolute atomic E-state index is 0.552. The first-order valence-electron chi connectivity index (χ1n) is 3.82. The minimum Gasteiger partial charge on any atom is -0.289 e. The Kier molecular flexibility index (Phi) is 3.29. The van der Waals surface area contributed by atoms with Crippen LogP contribution in [0, 0.1) is 0 Å². The van der Waals surface area contributed by atoms with E-state index < -0.39 is 0 Å². The molecule has 3 heteroatoms. The molecule has 1 heterocycles. The Morgan fingerprint density at radius 2 is 2.50 bits per heavy atom. The third-order valence-electron chi connectivity index (χ3n) is 1.42. The van der Waals surface area contributed by atoms with Crippen molar-refractivity contribution in [3.8, 4) is 0 Å². The van der Waals surface area contributed by atoms with Crippen LogP contribution in [0.4, 0.5) is 0 Å². The topological polar surface area (TPSA) is 35.8 Å². The Bertz CT molecular complexity index is 227. The van der Waals surface area contributed by atoms with Gasteiger partial charge in [-0.2, -0.15) is 0 Å². The number of nitrogens with zero attached hydrogens (tertiary/aromatic N) is 2. The molecule has 0 aromatic carbocycles. The maximum Gasteiger partial charge on any atom is 0.0813 e. The second-order valence-corrected chi connectivity index (χ2v) is 2.43. The van der Waals surface area contributed by atoms with Gasteiger partial charge in [0.25, 0.3) is 0 Å². The lowest BCUT2D eigenvalue weighted by Gasteiger charge is -2.09. The average molecular weight is 164 g/mol. The minimum atomic E-state index is 0.552. The van der Waals surface area contributed by atoms with Crippen molar-refractivity contribution in [2.24, 2.45) is 4.99 Å². The first kappa shape index (κ1) is 8.74. The zero-order chi connectivity index (χ0) is 8.81. The van der Waals surface area contributed by atoms with E-state index in [1.807, 2.05) is 12.2 Å². The van der Waals surface area contributed by atoms with E-state index >= 15 is 0 Å². The number of hydroxylamine groups is 2. The molecule has 0 unspecified atom stereocenters. The van der Waals surface area contributed by atoms with E-state index in [0.29, 0.717) is 6.54 Å². The predicted octanol–water partition coefficient (Wildman–Crippen LogP) is 1.74. The van der Waals surface area contributed by atoms with Crippen LogP contribution in [0.1, 0.15) is 6.42 Å². The summed E-state index contributed by atoms with van der Waals surface area (Å²) in [5, 5.41) is 10.4. The standard InChI is InChI=1S/C9H12N2O/c1-2-3-7-11(12)8-9-5-4-6-10-9/h2,4-6,8,12H,1,3,7H2/b9-8-. The van der Waals surface area contributed by atoms with Gasteiger partial charge < -0.3 is 0 Å². The van der Waals surface area contributed by atoms with Gasteiger partial charge in [-0.3, -0.25) is 15.3 Å². The largest absolute Gasteiger partial charge is 0.289 e. The lowest BCUT2D eigenvalue weighted by atomic mass is 10.4. The molecule has 0 aromatic heterocycles. The van der Waals surface area contributed by atoms with Crippen molar-refractivity contribution < 1.29 is 5.21 Å². The molecule has 0 spiro atoms. The van der Waals surface area contributed by atoms with Crippen LogP contribution in [0.5, 0.6) is 0 Å². The maximum absolute atomic E-state index is 9.24. The summed E-state index contributed by atoms with van der Waals surface area (Å²) in [5.41, 5.74) is 0.765. The van der Waals surface area contributed by atoms with E-state index in [4.69, 9.17) is 0 Å². The van der Waals surface area contributed by atoms with Crippen molar-refractivity contribution in [2.45, 2.75) is 6.42 Å². The molecule has 1 aliphatic rings. The molecule has 12 heavy (non-hydrogen) atoms. The average Bonchev–Trinajstić information content (AvgIpc) is 2.53. The molecule has 0 saturated heterocycles. The highest BCUT2D eigenvalue weighted by atomic mass is 16.5. The quantitative estimate of drug-likeness (QED) is 0.507. The molecule has 64 valence electrons. The summed E-state index contributed by atoms with van der Waals surface area (Å²) in [4.78, 5) is 3.98. The fourth-order valence-corrected chi connectivity index (χ4v) is 0.831. The molecule has 0 radical (unpaired) electrons. The second-order valence-electron chi connectivity index (χ2n) is 2.43. The van der Waals surface area contributed by atoms with E-state index in [1.165, 1.54) is 0 Å². The molecule has 1 aliphatic heterocycles. The molecule has 1 rings (SSSR count). The van der Waals surface area contributed by atoms with Gasteiger partial charge in [0.15, 0.2) is 0 Å². The Morgan fingerprint density at radius 3 is 3.08 bits per heavy atom. The highest BCUT2D eigenvalue weighted by Gasteiger charge is 1.96. The monoisotopic (exact) mass is 164 g/mol. The van der Waals surface area contributed by atoms with E-state index in [1.54, 1.807) is 18.5 Å². The van der Waals surface area contributed by atoms with Crippen LogP contribution >= 0.6 is 0 Å². The Balaban J connectivity index is 2.38. The SMILES string of the molecule is C=CCCN(O)/C=C1/C=CC=N1. The lowest BCUT2D eigenvalue weighted by Crippen LogP contribution is -2.12. The number of hydrogen-bond donors (Lipinski definition) is 1. The van der Waals surface area contributed by atoms with Gasteiger partial charge in [-0.25, -0.2) is 0 Å². The van der Waals surface area contributed by atoms with Gasteiger partial charge in [0.1, 0.15) is 0 Å². The van der Waals surface area contributed by atoms with Gasteiger partial charge in [-0.15, -0.1) is 6.58 Å². The Labute approximate surface area is 72.0 Å². The predicted molar refractivity (Wildman–Crippen MR) is 49.0 cm³/mol. The maximum atomic E-state index is 9.24. The first-order valence-corrected chi connectivity index (χ1v) is 3.82. The van der Waals surface area contributed by atoms with Gasteiger partial charge in [0.05, 0.1) is 11.9 Å². The molecule has 0 fully saturated rings. The third kappa shape index (κ3) is 2.72. The normalized spacial score (nSPS) is 17.2. The van der Waals surface area contributed by atoms with E-state index in [0.717, 1.165) is 17.2 Å². The summed E-state index contributed by atoms with van der Waals surface area (Å²) in [7, 11) is 0. The molecular weight excluding hydrogens is 152 g/mol. The summed E-state index contributed by atoms with van der Waals surface area (Å²) in [6.07, 6.45) is 9.45. The molecule has 1 N–H and O–H groups in total. The van der Waals surface area contributed by atoms with Crippen molar-refractivity contribution in [3.05, 3.63) is 36.7 Å². The van der Waals surface area contributed by atoms with Gasteiger partial charge in [-0.1, -0.05) is 6.08 Å². The summed E-state index contributed by atoms with van der Waals surface area (Å²) >= 11 is 0. The molecule has 0 atom stereocenters. The molecular formula is C9H12N2O. The van der Waals surface area contributed by atoms with Crippen LogP contribution in [0.3, 0.4) is 0 Å². The Hall–Kier alpha value is -1.35. The van der Waals surface area contributed by atoms with Crippen molar-refractivity contribution in [2.75, 3.05) is 6.54 Å². The fourth-order valence-electron chi connectivity index (χ4n) is 0.831. The molecule has 0 amide bonds. The number of allylic oxidation sites excluding steroid dienone is 2. The van der Waals surface area contributed by atoms with Crippen LogP contribution in [-0.4, -0.2) is 23.0 Å². The van der Waals surface area contributed by atoms with Gasteiger partial charge in [0.2, 0.25) is 0 Å².